The number of aryl methyl sites for hydroxylation is 1. The van der Waals surface area contributed by atoms with Crippen LogP contribution >= 0.6 is 0 Å². The largest absolute Gasteiger partial charge is 0.353 e. The number of rotatable bonds is 3. The van der Waals surface area contributed by atoms with Crippen molar-refractivity contribution in [2.24, 2.45) is 5.92 Å². The molecule has 3 rings (SSSR count). The van der Waals surface area contributed by atoms with E-state index in [0.29, 0.717) is 13.1 Å². The van der Waals surface area contributed by atoms with Gasteiger partial charge < -0.3 is 15.5 Å². The highest BCUT2D eigenvalue weighted by atomic mass is 16.2. The molecule has 5 nitrogen and oxygen atoms in total. The monoisotopic (exact) mass is 329 g/mol. The third-order valence-corrected chi connectivity index (χ3v) is 5.09. The van der Waals surface area contributed by atoms with Crippen LogP contribution in [0.3, 0.4) is 0 Å². The van der Waals surface area contributed by atoms with Crippen LogP contribution in [0.4, 0.5) is 0 Å². The number of benzene rings is 1. The molecule has 2 saturated heterocycles. The summed E-state index contributed by atoms with van der Waals surface area (Å²) in [5.41, 5.74) is 1.90. The molecule has 2 aliphatic rings. The summed E-state index contributed by atoms with van der Waals surface area (Å²) in [6, 6.07) is 7.92. The molecule has 5 heteroatoms. The number of piperidine rings is 2. The Hall–Kier alpha value is -1.88. The van der Waals surface area contributed by atoms with Gasteiger partial charge in [0, 0.05) is 31.2 Å². The zero-order valence-electron chi connectivity index (χ0n) is 14.4. The minimum Gasteiger partial charge on any atom is -0.353 e. The van der Waals surface area contributed by atoms with Gasteiger partial charge >= 0.3 is 0 Å². The van der Waals surface area contributed by atoms with Crippen molar-refractivity contribution in [2.75, 3.05) is 26.2 Å². The van der Waals surface area contributed by atoms with Crippen molar-refractivity contribution in [2.45, 2.75) is 38.6 Å². The number of carbonyl (C=O) groups excluding carboxylic acids is 2. The maximum absolute atomic E-state index is 12.5. The molecule has 0 spiro atoms. The Morgan fingerprint density at radius 1 is 1.12 bits per heavy atom. The molecule has 2 amide bonds. The molecule has 0 aromatic heterocycles. The molecular weight excluding hydrogens is 302 g/mol. The highest BCUT2D eigenvalue weighted by molar-refractivity contribution is 5.94. The molecule has 2 fully saturated rings. The lowest BCUT2D eigenvalue weighted by Crippen LogP contribution is -2.49. The van der Waals surface area contributed by atoms with Crippen molar-refractivity contribution in [3.8, 4) is 0 Å². The van der Waals surface area contributed by atoms with E-state index in [1.54, 1.807) is 0 Å². The summed E-state index contributed by atoms with van der Waals surface area (Å²) < 4.78 is 0. The molecule has 24 heavy (non-hydrogen) atoms. The van der Waals surface area contributed by atoms with E-state index in [1.807, 2.05) is 36.1 Å². The summed E-state index contributed by atoms with van der Waals surface area (Å²) in [5.74, 6) is 0.368. The van der Waals surface area contributed by atoms with Crippen molar-refractivity contribution < 1.29 is 9.59 Å². The van der Waals surface area contributed by atoms with Crippen LogP contribution in [0, 0.1) is 12.8 Å². The van der Waals surface area contributed by atoms with Crippen molar-refractivity contribution in [3.05, 3.63) is 35.4 Å². The van der Waals surface area contributed by atoms with Gasteiger partial charge in [-0.1, -0.05) is 17.7 Å². The predicted octanol–water partition coefficient (Wildman–Crippen LogP) is 1.72. The van der Waals surface area contributed by atoms with Gasteiger partial charge in [0.1, 0.15) is 0 Å². The fraction of sp³-hybridized carbons (Fsp3) is 0.579. The van der Waals surface area contributed by atoms with Crippen molar-refractivity contribution in [1.29, 1.82) is 0 Å². The van der Waals surface area contributed by atoms with Crippen LogP contribution < -0.4 is 10.6 Å². The van der Waals surface area contributed by atoms with E-state index < -0.39 is 0 Å². The van der Waals surface area contributed by atoms with Gasteiger partial charge in [-0.2, -0.15) is 0 Å². The van der Waals surface area contributed by atoms with Crippen molar-refractivity contribution >= 4 is 11.8 Å². The van der Waals surface area contributed by atoms with Gasteiger partial charge in [-0.25, -0.2) is 0 Å². The lowest BCUT2D eigenvalue weighted by atomic mass is 9.97. The second kappa shape index (κ2) is 7.79. The van der Waals surface area contributed by atoms with Gasteiger partial charge in [0.25, 0.3) is 5.91 Å². The zero-order chi connectivity index (χ0) is 16.9. The van der Waals surface area contributed by atoms with Crippen LogP contribution in [0.2, 0.25) is 0 Å². The molecule has 2 aliphatic heterocycles. The molecule has 1 unspecified atom stereocenters. The first-order chi connectivity index (χ1) is 11.6. The van der Waals surface area contributed by atoms with Crippen LogP contribution in [0.25, 0.3) is 0 Å². The molecule has 2 N–H and O–H groups in total. The SMILES string of the molecule is Cc1ccc(C(=O)N2CCC(NC(=O)C3CCCNC3)CC2)cc1. The average molecular weight is 329 g/mol. The van der Waals surface area contributed by atoms with Gasteiger partial charge in [-0.05, 0) is 51.3 Å². The molecule has 1 atom stereocenters. The minimum absolute atomic E-state index is 0.0938. The normalized spacial score (nSPS) is 22.2. The Morgan fingerprint density at radius 3 is 2.46 bits per heavy atom. The smallest absolute Gasteiger partial charge is 0.253 e. The maximum Gasteiger partial charge on any atom is 0.253 e. The molecule has 1 aromatic carbocycles. The first-order valence-corrected chi connectivity index (χ1v) is 9.00. The van der Waals surface area contributed by atoms with Crippen LogP contribution in [-0.2, 0) is 4.79 Å². The third kappa shape index (κ3) is 4.15. The number of nitrogens with one attached hydrogen (secondary N) is 2. The number of carbonyl (C=O) groups is 2. The summed E-state index contributed by atoms with van der Waals surface area (Å²) in [6.45, 7) is 5.24. The zero-order valence-corrected chi connectivity index (χ0v) is 14.4. The second-order valence-electron chi connectivity index (χ2n) is 6.98. The highest BCUT2D eigenvalue weighted by Gasteiger charge is 2.27. The Labute approximate surface area is 143 Å². The lowest BCUT2D eigenvalue weighted by molar-refractivity contribution is -0.126. The molecule has 2 heterocycles. The topological polar surface area (TPSA) is 61.4 Å². The quantitative estimate of drug-likeness (QED) is 0.887. The van der Waals surface area contributed by atoms with Crippen molar-refractivity contribution in [3.63, 3.8) is 0 Å². The minimum atomic E-state index is 0.0938. The fourth-order valence-corrected chi connectivity index (χ4v) is 3.50. The standard InChI is InChI=1S/C19H27N3O2/c1-14-4-6-15(7-5-14)19(24)22-11-8-17(9-12-22)21-18(23)16-3-2-10-20-13-16/h4-7,16-17,20H,2-3,8-13H2,1H3,(H,21,23). The van der Waals surface area contributed by atoms with E-state index in [1.165, 1.54) is 0 Å². The number of amides is 2. The molecule has 0 radical (unpaired) electrons. The lowest BCUT2D eigenvalue weighted by Gasteiger charge is -2.33. The van der Waals surface area contributed by atoms with Gasteiger partial charge in [0.15, 0.2) is 0 Å². The van der Waals surface area contributed by atoms with E-state index in [4.69, 9.17) is 0 Å². The first-order valence-electron chi connectivity index (χ1n) is 9.00. The summed E-state index contributed by atoms with van der Waals surface area (Å²) >= 11 is 0. The Kier molecular flexibility index (Phi) is 5.51. The van der Waals surface area contributed by atoms with Gasteiger partial charge in [0.2, 0.25) is 5.91 Å². The Morgan fingerprint density at radius 2 is 1.83 bits per heavy atom. The van der Waals surface area contributed by atoms with Crippen LogP contribution in [0.1, 0.15) is 41.6 Å². The van der Waals surface area contributed by atoms with E-state index in [2.05, 4.69) is 10.6 Å². The molecule has 0 bridgehead atoms. The number of likely N-dealkylation sites (tertiary alicyclic amines) is 1. The molecule has 130 valence electrons. The Bertz CT molecular complexity index is 571. The van der Waals surface area contributed by atoms with E-state index in [9.17, 15) is 9.59 Å². The molecule has 1 aromatic rings. The van der Waals surface area contributed by atoms with E-state index >= 15 is 0 Å². The van der Waals surface area contributed by atoms with Gasteiger partial charge in [-0.15, -0.1) is 0 Å². The molecular formula is C19H27N3O2. The van der Waals surface area contributed by atoms with Gasteiger partial charge in [-0.3, -0.25) is 9.59 Å². The van der Waals surface area contributed by atoms with Crippen LogP contribution in [0.15, 0.2) is 24.3 Å². The first kappa shape index (κ1) is 17.0. The number of hydrogen-bond donors (Lipinski definition) is 2. The van der Waals surface area contributed by atoms with E-state index in [0.717, 1.165) is 49.9 Å². The fourth-order valence-electron chi connectivity index (χ4n) is 3.50. The number of nitrogens with zero attached hydrogens (tertiary/aromatic N) is 1. The second-order valence-corrected chi connectivity index (χ2v) is 6.98. The highest BCUT2D eigenvalue weighted by Crippen LogP contribution is 2.16. The van der Waals surface area contributed by atoms with Crippen molar-refractivity contribution in [1.82, 2.24) is 15.5 Å². The third-order valence-electron chi connectivity index (χ3n) is 5.09. The average Bonchev–Trinajstić information content (AvgIpc) is 2.63. The maximum atomic E-state index is 12.5. The van der Waals surface area contributed by atoms with Crippen LogP contribution in [0.5, 0.6) is 0 Å². The Balaban J connectivity index is 1.47. The number of hydrogen-bond acceptors (Lipinski definition) is 3. The summed E-state index contributed by atoms with van der Waals surface area (Å²) in [4.78, 5) is 26.7. The molecule has 0 saturated carbocycles. The van der Waals surface area contributed by atoms with Gasteiger partial charge in [0.05, 0.1) is 5.92 Å². The predicted molar refractivity (Wildman–Crippen MR) is 93.8 cm³/mol. The summed E-state index contributed by atoms with van der Waals surface area (Å²) in [7, 11) is 0. The van der Waals surface area contributed by atoms with E-state index in [-0.39, 0.29) is 23.8 Å². The summed E-state index contributed by atoms with van der Waals surface area (Å²) in [5, 5.41) is 6.46. The molecule has 0 aliphatic carbocycles. The summed E-state index contributed by atoms with van der Waals surface area (Å²) in [6.07, 6.45) is 3.72. The van der Waals surface area contributed by atoms with Crippen LogP contribution in [-0.4, -0.2) is 48.9 Å².